The molecule has 8 heteroatoms. The molecule has 132 valence electrons. The first-order valence-corrected chi connectivity index (χ1v) is 8.35. The molecule has 2 aliphatic rings. The summed E-state index contributed by atoms with van der Waals surface area (Å²) in [5.74, 6) is -0.189. The van der Waals surface area contributed by atoms with Crippen LogP contribution in [0.15, 0.2) is 12.5 Å². The van der Waals surface area contributed by atoms with Gasteiger partial charge in [0.2, 0.25) is 0 Å². The van der Waals surface area contributed by atoms with Crippen LogP contribution in [-0.4, -0.2) is 82.8 Å². The van der Waals surface area contributed by atoms with Crippen LogP contribution >= 0.6 is 0 Å². The van der Waals surface area contributed by atoms with Gasteiger partial charge in [-0.05, 0) is 13.8 Å². The highest BCUT2D eigenvalue weighted by Gasteiger charge is 2.43. The van der Waals surface area contributed by atoms with Gasteiger partial charge in [0.15, 0.2) is 5.60 Å². The Morgan fingerprint density at radius 2 is 1.92 bits per heavy atom. The van der Waals surface area contributed by atoms with E-state index >= 15 is 0 Å². The lowest BCUT2D eigenvalue weighted by Gasteiger charge is -2.42. The molecule has 2 aliphatic heterocycles. The normalized spacial score (nSPS) is 24.9. The average molecular weight is 336 g/mol. The Hall–Kier alpha value is -1.93. The summed E-state index contributed by atoms with van der Waals surface area (Å²) >= 11 is 0. The van der Waals surface area contributed by atoms with E-state index in [9.17, 15) is 9.59 Å². The number of morpholine rings is 2. The maximum absolute atomic E-state index is 12.8. The summed E-state index contributed by atoms with van der Waals surface area (Å²) in [6.07, 6.45) is 3.22. The minimum absolute atomic E-state index is 0.0766. The van der Waals surface area contributed by atoms with E-state index in [4.69, 9.17) is 9.47 Å². The molecule has 2 amide bonds. The van der Waals surface area contributed by atoms with Gasteiger partial charge in [-0.2, -0.15) is 0 Å². The third kappa shape index (κ3) is 3.16. The predicted octanol–water partition coefficient (Wildman–Crippen LogP) is -0.00710. The molecule has 0 radical (unpaired) electrons. The van der Waals surface area contributed by atoms with Crippen molar-refractivity contribution in [2.45, 2.75) is 26.0 Å². The number of carbonyl (C=O) groups excluding carboxylic acids is 2. The summed E-state index contributed by atoms with van der Waals surface area (Å²) in [4.78, 5) is 33.1. The van der Waals surface area contributed by atoms with Gasteiger partial charge in [-0.15, -0.1) is 0 Å². The van der Waals surface area contributed by atoms with Crippen molar-refractivity contribution in [1.82, 2.24) is 19.4 Å². The van der Waals surface area contributed by atoms with Gasteiger partial charge in [0.05, 0.1) is 38.9 Å². The molecule has 0 spiro atoms. The van der Waals surface area contributed by atoms with E-state index in [1.807, 2.05) is 6.92 Å². The predicted molar refractivity (Wildman–Crippen MR) is 85.6 cm³/mol. The van der Waals surface area contributed by atoms with Crippen molar-refractivity contribution in [3.8, 4) is 0 Å². The van der Waals surface area contributed by atoms with Gasteiger partial charge in [0.1, 0.15) is 5.69 Å². The molecule has 1 aromatic rings. The second-order valence-electron chi connectivity index (χ2n) is 6.28. The van der Waals surface area contributed by atoms with Crippen molar-refractivity contribution in [2.75, 3.05) is 46.0 Å². The molecule has 0 aromatic carbocycles. The zero-order valence-electron chi connectivity index (χ0n) is 14.2. The minimum atomic E-state index is -1.01. The summed E-state index contributed by atoms with van der Waals surface area (Å²) in [6, 6.07) is 0. The van der Waals surface area contributed by atoms with Crippen molar-refractivity contribution in [2.24, 2.45) is 0 Å². The second kappa shape index (κ2) is 6.90. The Balaban J connectivity index is 1.73. The summed E-state index contributed by atoms with van der Waals surface area (Å²) in [7, 11) is 0. The molecule has 8 nitrogen and oxygen atoms in total. The van der Waals surface area contributed by atoms with E-state index in [1.165, 1.54) is 0 Å². The van der Waals surface area contributed by atoms with Gasteiger partial charge in [-0.3, -0.25) is 9.59 Å². The number of ether oxygens (including phenoxy) is 2. The summed E-state index contributed by atoms with van der Waals surface area (Å²) < 4.78 is 12.9. The van der Waals surface area contributed by atoms with E-state index in [1.54, 1.807) is 33.8 Å². The van der Waals surface area contributed by atoms with E-state index in [0.717, 1.165) is 0 Å². The third-order valence-electron chi connectivity index (χ3n) is 4.58. The molecule has 1 aromatic heterocycles. The monoisotopic (exact) mass is 336 g/mol. The van der Waals surface area contributed by atoms with Gasteiger partial charge in [-0.25, -0.2) is 4.98 Å². The molecule has 24 heavy (non-hydrogen) atoms. The van der Waals surface area contributed by atoms with Gasteiger partial charge in [0.25, 0.3) is 11.8 Å². The number of rotatable bonds is 3. The number of carbonyl (C=O) groups is 2. The van der Waals surface area contributed by atoms with E-state index in [0.29, 0.717) is 51.7 Å². The minimum Gasteiger partial charge on any atom is -0.378 e. The number of aromatic nitrogens is 2. The smallest absolute Gasteiger partial charge is 0.272 e. The molecule has 0 saturated carbocycles. The summed E-state index contributed by atoms with van der Waals surface area (Å²) in [6.45, 7) is 7.68. The van der Waals surface area contributed by atoms with E-state index in [-0.39, 0.29) is 18.4 Å². The van der Waals surface area contributed by atoms with Gasteiger partial charge < -0.3 is 23.8 Å². The maximum atomic E-state index is 12.8. The highest BCUT2D eigenvalue weighted by molar-refractivity contribution is 5.93. The maximum Gasteiger partial charge on any atom is 0.272 e. The number of nitrogens with zero attached hydrogens (tertiary/aromatic N) is 4. The first-order valence-electron chi connectivity index (χ1n) is 8.35. The fraction of sp³-hybridized carbons (Fsp3) is 0.688. The Labute approximate surface area is 141 Å². The highest BCUT2D eigenvalue weighted by atomic mass is 16.5. The highest BCUT2D eigenvalue weighted by Crippen LogP contribution is 2.22. The van der Waals surface area contributed by atoms with E-state index in [2.05, 4.69) is 4.98 Å². The van der Waals surface area contributed by atoms with Crippen LogP contribution in [0.25, 0.3) is 0 Å². The van der Waals surface area contributed by atoms with Crippen LogP contribution < -0.4 is 0 Å². The molecule has 3 rings (SSSR count). The molecule has 0 aliphatic carbocycles. The molecule has 0 N–H and O–H groups in total. The molecule has 1 unspecified atom stereocenters. The molecule has 2 fully saturated rings. The van der Waals surface area contributed by atoms with Crippen LogP contribution in [-0.2, 0) is 20.8 Å². The first-order chi connectivity index (χ1) is 11.5. The van der Waals surface area contributed by atoms with Crippen LogP contribution in [0.4, 0.5) is 0 Å². The fourth-order valence-corrected chi connectivity index (χ4v) is 3.19. The number of hydrogen-bond acceptors (Lipinski definition) is 5. The van der Waals surface area contributed by atoms with Crippen molar-refractivity contribution in [3.63, 3.8) is 0 Å². The van der Waals surface area contributed by atoms with Crippen LogP contribution in [0.3, 0.4) is 0 Å². The molecular weight excluding hydrogens is 312 g/mol. The van der Waals surface area contributed by atoms with Crippen LogP contribution in [0.5, 0.6) is 0 Å². The summed E-state index contributed by atoms with van der Waals surface area (Å²) in [5.41, 5.74) is -0.469. The SMILES string of the molecule is CCn1cncc1C(=O)N1CCOC(C)(C(=O)N2CCOCC2)C1. The summed E-state index contributed by atoms with van der Waals surface area (Å²) in [5, 5.41) is 0. The fourth-order valence-electron chi connectivity index (χ4n) is 3.19. The largest absolute Gasteiger partial charge is 0.378 e. The number of imidazole rings is 1. The standard InChI is InChI=1S/C16H24N4O4/c1-3-18-12-17-10-13(18)14(21)20-6-9-24-16(2,11-20)15(22)19-4-7-23-8-5-19/h10,12H,3-9,11H2,1-2H3. The lowest BCUT2D eigenvalue weighted by Crippen LogP contribution is -2.61. The Morgan fingerprint density at radius 3 is 2.62 bits per heavy atom. The zero-order valence-corrected chi connectivity index (χ0v) is 14.2. The second-order valence-corrected chi connectivity index (χ2v) is 6.28. The zero-order chi connectivity index (χ0) is 17.2. The molecule has 1 atom stereocenters. The lowest BCUT2D eigenvalue weighted by molar-refractivity contribution is -0.168. The topological polar surface area (TPSA) is 76.9 Å². The van der Waals surface area contributed by atoms with Gasteiger partial charge in [-0.1, -0.05) is 0 Å². The third-order valence-corrected chi connectivity index (χ3v) is 4.58. The van der Waals surface area contributed by atoms with E-state index < -0.39 is 5.60 Å². The molecule has 3 heterocycles. The number of hydrogen-bond donors (Lipinski definition) is 0. The van der Waals surface area contributed by atoms with Crippen molar-refractivity contribution in [1.29, 1.82) is 0 Å². The molecule has 0 bridgehead atoms. The van der Waals surface area contributed by atoms with Gasteiger partial charge in [0, 0.05) is 26.2 Å². The quantitative estimate of drug-likeness (QED) is 0.776. The van der Waals surface area contributed by atoms with Crippen molar-refractivity contribution >= 4 is 11.8 Å². The Bertz CT molecular complexity index is 611. The number of amides is 2. The Morgan fingerprint density at radius 1 is 1.21 bits per heavy atom. The van der Waals surface area contributed by atoms with Gasteiger partial charge >= 0.3 is 0 Å². The molecular formula is C16H24N4O4. The van der Waals surface area contributed by atoms with Crippen LogP contribution in [0.2, 0.25) is 0 Å². The Kier molecular flexibility index (Phi) is 4.86. The van der Waals surface area contributed by atoms with Crippen molar-refractivity contribution < 1.29 is 19.1 Å². The number of aryl methyl sites for hydroxylation is 1. The van der Waals surface area contributed by atoms with Crippen LogP contribution in [0, 0.1) is 0 Å². The molecule has 2 saturated heterocycles. The first kappa shape index (κ1) is 16.9. The van der Waals surface area contributed by atoms with Crippen LogP contribution in [0.1, 0.15) is 24.3 Å². The van der Waals surface area contributed by atoms with Crippen molar-refractivity contribution in [3.05, 3.63) is 18.2 Å². The lowest BCUT2D eigenvalue weighted by atomic mass is 10.0. The average Bonchev–Trinajstić information content (AvgIpc) is 3.10.